The zero-order valence-corrected chi connectivity index (χ0v) is 9.39. The summed E-state index contributed by atoms with van der Waals surface area (Å²) in [6.07, 6.45) is 0. The van der Waals surface area contributed by atoms with Crippen LogP contribution in [0.3, 0.4) is 0 Å². The van der Waals surface area contributed by atoms with E-state index in [0.717, 1.165) is 0 Å². The molecule has 5 heteroatoms. The number of carbonyl (C=O) groups is 1. The minimum absolute atomic E-state index is 0.240. The van der Waals surface area contributed by atoms with Crippen LogP contribution in [0, 0.1) is 5.82 Å². The maximum atomic E-state index is 13.4. The van der Waals surface area contributed by atoms with Crippen LogP contribution in [0.1, 0.15) is 10.5 Å². The number of aromatic nitrogens is 1. The molecule has 0 aliphatic heterocycles. The number of ether oxygens (including phenoxy) is 1. The lowest BCUT2D eigenvalue weighted by atomic mass is 10.2. The molecule has 0 fully saturated rings. The molecule has 0 spiro atoms. The molecular formula is C10H7BrFNO2. The Balaban J connectivity index is 2.65. The fraction of sp³-hybridized carbons (Fsp3) is 0.100. The normalized spacial score (nSPS) is 10.6. The van der Waals surface area contributed by atoms with Gasteiger partial charge in [-0.1, -0.05) is 15.9 Å². The van der Waals surface area contributed by atoms with E-state index in [0.29, 0.717) is 15.4 Å². The standard InChI is InChI=1S/C10H7BrFNO2/c1-15-10(14)8-3-5-2-6(11)4-7(12)9(5)13-8/h2-4,13H,1H3. The smallest absolute Gasteiger partial charge is 0.354 e. The summed E-state index contributed by atoms with van der Waals surface area (Å²) in [5.74, 6) is -0.920. The number of benzene rings is 1. The maximum absolute atomic E-state index is 13.4. The molecule has 0 bridgehead atoms. The predicted octanol–water partition coefficient (Wildman–Crippen LogP) is 2.86. The van der Waals surface area contributed by atoms with Gasteiger partial charge in [-0.2, -0.15) is 0 Å². The van der Waals surface area contributed by atoms with E-state index in [1.165, 1.54) is 13.2 Å². The number of fused-ring (bicyclic) bond motifs is 1. The Hall–Kier alpha value is -1.36. The molecule has 0 aliphatic carbocycles. The Morgan fingerprint density at radius 3 is 2.87 bits per heavy atom. The number of esters is 1. The van der Waals surface area contributed by atoms with Crippen molar-refractivity contribution in [2.75, 3.05) is 7.11 Å². The van der Waals surface area contributed by atoms with Crippen LogP contribution < -0.4 is 0 Å². The van der Waals surface area contributed by atoms with Crippen molar-refractivity contribution in [1.29, 1.82) is 0 Å². The number of hydrogen-bond donors (Lipinski definition) is 1. The van der Waals surface area contributed by atoms with Crippen LogP contribution >= 0.6 is 15.9 Å². The van der Waals surface area contributed by atoms with Crippen LogP contribution in [0.25, 0.3) is 10.9 Å². The molecule has 1 N–H and O–H groups in total. The van der Waals surface area contributed by atoms with Gasteiger partial charge in [-0.25, -0.2) is 9.18 Å². The van der Waals surface area contributed by atoms with Crippen LogP contribution in [0.2, 0.25) is 0 Å². The van der Waals surface area contributed by atoms with Gasteiger partial charge >= 0.3 is 5.97 Å². The van der Waals surface area contributed by atoms with E-state index in [2.05, 4.69) is 25.7 Å². The van der Waals surface area contributed by atoms with Crippen LogP contribution in [0.4, 0.5) is 4.39 Å². The molecule has 0 unspecified atom stereocenters. The third-order valence-corrected chi connectivity index (χ3v) is 2.51. The molecular weight excluding hydrogens is 265 g/mol. The van der Waals surface area contributed by atoms with E-state index >= 15 is 0 Å². The fourth-order valence-electron chi connectivity index (χ4n) is 1.39. The largest absolute Gasteiger partial charge is 0.464 e. The summed E-state index contributed by atoms with van der Waals surface area (Å²) in [6, 6.07) is 4.61. The van der Waals surface area contributed by atoms with Crippen molar-refractivity contribution < 1.29 is 13.9 Å². The van der Waals surface area contributed by atoms with E-state index in [4.69, 9.17) is 0 Å². The molecule has 1 aromatic carbocycles. The van der Waals surface area contributed by atoms with Crippen molar-refractivity contribution in [2.24, 2.45) is 0 Å². The van der Waals surface area contributed by atoms with Crippen LogP contribution in [-0.4, -0.2) is 18.1 Å². The average molecular weight is 272 g/mol. The molecule has 1 aromatic heterocycles. The van der Waals surface area contributed by atoms with E-state index in [1.807, 2.05) is 0 Å². The molecule has 0 radical (unpaired) electrons. The monoisotopic (exact) mass is 271 g/mol. The second-order valence-electron chi connectivity index (χ2n) is 3.03. The van der Waals surface area contributed by atoms with E-state index in [9.17, 15) is 9.18 Å². The van der Waals surface area contributed by atoms with Gasteiger partial charge in [-0.15, -0.1) is 0 Å². The Bertz CT molecular complexity index is 535. The third kappa shape index (κ3) is 1.74. The van der Waals surface area contributed by atoms with Gasteiger partial charge in [0.05, 0.1) is 12.6 Å². The van der Waals surface area contributed by atoms with Crippen molar-refractivity contribution in [3.05, 3.63) is 34.2 Å². The van der Waals surface area contributed by atoms with E-state index < -0.39 is 11.8 Å². The lowest BCUT2D eigenvalue weighted by molar-refractivity contribution is 0.0595. The quantitative estimate of drug-likeness (QED) is 0.811. The number of hydrogen-bond acceptors (Lipinski definition) is 2. The molecule has 0 aliphatic rings. The van der Waals surface area contributed by atoms with Crippen LogP contribution in [-0.2, 0) is 4.74 Å². The van der Waals surface area contributed by atoms with Gasteiger partial charge in [0.15, 0.2) is 0 Å². The second kappa shape index (κ2) is 3.66. The van der Waals surface area contributed by atoms with Gasteiger partial charge in [0.2, 0.25) is 0 Å². The Kier molecular flexibility index (Phi) is 2.48. The Labute approximate surface area is 93.4 Å². The number of nitrogens with one attached hydrogen (secondary N) is 1. The van der Waals surface area contributed by atoms with Crippen molar-refractivity contribution in [1.82, 2.24) is 4.98 Å². The Morgan fingerprint density at radius 2 is 2.20 bits per heavy atom. The average Bonchev–Trinajstić information content (AvgIpc) is 2.60. The SMILES string of the molecule is COC(=O)c1cc2cc(Br)cc(F)c2[nH]1. The highest BCUT2D eigenvalue weighted by atomic mass is 79.9. The highest BCUT2D eigenvalue weighted by molar-refractivity contribution is 9.10. The molecule has 2 aromatic rings. The second-order valence-corrected chi connectivity index (χ2v) is 3.94. The van der Waals surface area contributed by atoms with Crippen LogP contribution in [0.5, 0.6) is 0 Å². The van der Waals surface area contributed by atoms with Crippen LogP contribution in [0.15, 0.2) is 22.7 Å². The van der Waals surface area contributed by atoms with Gasteiger partial charge in [0, 0.05) is 9.86 Å². The summed E-state index contributed by atoms with van der Waals surface area (Å²) in [6.45, 7) is 0. The van der Waals surface area contributed by atoms with Crippen molar-refractivity contribution in [2.45, 2.75) is 0 Å². The lowest BCUT2D eigenvalue weighted by Crippen LogP contribution is -2.00. The summed E-state index contributed by atoms with van der Waals surface area (Å²) in [7, 11) is 1.28. The van der Waals surface area contributed by atoms with Gasteiger partial charge in [0.25, 0.3) is 0 Å². The molecule has 78 valence electrons. The third-order valence-electron chi connectivity index (χ3n) is 2.05. The predicted molar refractivity (Wildman–Crippen MR) is 57.3 cm³/mol. The molecule has 0 saturated heterocycles. The molecule has 0 amide bonds. The number of methoxy groups -OCH3 is 1. The van der Waals surface area contributed by atoms with E-state index in [1.54, 1.807) is 12.1 Å². The molecule has 0 atom stereocenters. The number of halogens is 2. The first kappa shape index (κ1) is 10.2. The maximum Gasteiger partial charge on any atom is 0.354 e. The van der Waals surface area contributed by atoms with Gasteiger partial charge in [0.1, 0.15) is 11.5 Å². The molecule has 2 rings (SSSR count). The van der Waals surface area contributed by atoms with Crippen molar-refractivity contribution in [3.63, 3.8) is 0 Å². The number of carbonyl (C=O) groups excluding carboxylic acids is 1. The van der Waals surface area contributed by atoms with Gasteiger partial charge < -0.3 is 9.72 Å². The van der Waals surface area contributed by atoms with Crippen molar-refractivity contribution in [3.8, 4) is 0 Å². The van der Waals surface area contributed by atoms with E-state index in [-0.39, 0.29) is 5.69 Å². The molecule has 1 heterocycles. The minimum Gasteiger partial charge on any atom is -0.464 e. The molecule has 0 saturated carbocycles. The first-order chi connectivity index (χ1) is 7.11. The van der Waals surface area contributed by atoms with Gasteiger partial charge in [-0.05, 0) is 18.2 Å². The topological polar surface area (TPSA) is 42.1 Å². The highest BCUT2D eigenvalue weighted by Gasteiger charge is 2.12. The highest BCUT2D eigenvalue weighted by Crippen LogP contribution is 2.23. The minimum atomic E-state index is -0.512. The summed E-state index contributed by atoms with van der Waals surface area (Å²) in [5, 5.41) is 0.627. The number of rotatable bonds is 1. The number of aromatic amines is 1. The lowest BCUT2D eigenvalue weighted by Gasteiger charge is -1.94. The first-order valence-corrected chi connectivity index (χ1v) is 4.97. The fourth-order valence-corrected chi connectivity index (χ4v) is 1.83. The zero-order chi connectivity index (χ0) is 11.0. The first-order valence-electron chi connectivity index (χ1n) is 4.18. The molecule has 3 nitrogen and oxygen atoms in total. The van der Waals surface area contributed by atoms with Gasteiger partial charge in [-0.3, -0.25) is 0 Å². The number of H-pyrrole nitrogens is 1. The zero-order valence-electron chi connectivity index (χ0n) is 7.80. The van der Waals surface area contributed by atoms with Crippen molar-refractivity contribution >= 4 is 32.8 Å². The summed E-state index contributed by atoms with van der Waals surface area (Å²) >= 11 is 3.18. The summed E-state index contributed by atoms with van der Waals surface area (Å²) in [5.41, 5.74) is 0.545. The summed E-state index contributed by atoms with van der Waals surface area (Å²) in [4.78, 5) is 13.9. The summed E-state index contributed by atoms with van der Waals surface area (Å²) < 4.78 is 18.6. The Morgan fingerprint density at radius 1 is 1.47 bits per heavy atom. The molecule has 15 heavy (non-hydrogen) atoms.